The van der Waals surface area contributed by atoms with E-state index in [0.717, 1.165) is 16.4 Å². The van der Waals surface area contributed by atoms with Gasteiger partial charge >= 0.3 is 5.97 Å². The summed E-state index contributed by atoms with van der Waals surface area (Å²) < 4.78 is 4.62. The second kappa shape index (κ2) is 7.00. The highest BCUT2D eigenvalue weighted by atomic mass is 32.1. The van der Waals surface area contributed by atoms with Crippen molar-refractivity contribution in [3.63, 3.8) is 0 Å². The molecule has 1 atom stereocenters. The van der Waals surface area contributed by atoms with E-state index in [1.165, 1.54) is 7.11 Å². The molecule has 0 fully saturated rings. The maximum absolute atomic E-state index is 11.1. The van der Waals surface area contributed by atoms with Gasteiger partial charge in [-0.2, -0.15) is 0 Å². The van der Waals surface area contributed by atoms with Gasteiger partial charge in [0.2, 0.25) is 0 Å². The Hall–Kier alpha value is -1.95. The quantitative estimate of drug-likeness (QED) is 0.829. The maximum Gasteiger partial charge on any atom is 0.305 e. The number of ether oxygens (including phenoxy) is 1. The minimum atomic E-state index is -0.210. The number of methoxy groups -OCH3 is 1. The Morgan fingerprint density at radius 2 is 2.20 bits per heavy atom. The van der Waals surface area contributed by atoms with Crippen LogP contribution in [0.15, 0.2) is 29.9 Å². The topological polar surface area (TPSA) is 64.1 Å². The first kappa shape index (κ1) is 14.5. The van der Waals surface area contributed by atoms with Crippen molar-refractivity contribution in [3.8, 4) is 0 Å². The van der Waals surface area contributed by atoms with Crippen molar-refractivity contribution < 1.29 is 9.53 Å². The van der Waals surface area contributed by atoms with Crippen molar-refractivity contribution in [3.05, 3.63) is 41.2 Å². The van der Waals surface area contributed by atoms with E-state index >= 15 is 0 Å². The molecule has 0 aliphatic carbocycles. The summed E-state index contributed by atoms with van der Waals surface area (Å²) in [5.41, 5.74) is 2.07. The van der Waals surface area contributed by atoms with Crippen LogP contribution in [0.2, 0.25) is 0 Å². The van der Waals surface area contributed by atoms with Gasteiger partial charge in [0.25, 0.3) is 0 Å². The number of aryl methyl sites for hydroxylation is 1. The Morgan fingerprint density at radius 3 is 2.90 bits per heavy atom. The summed E-state index contributed by atoms with van der Waals surface area (Å²) in [5, 5.41) is 6.16. The SMILES string of the molecule is COC(=O)CCc1csc(NC(C)c2ccncc2)n1. The van der Waals surface area contributed by atoms with Gasteiger partial charge in [-0.3, -0.25) is 9.78 Å². The van der Waals surface area contributed by atoms with Gasteiger partial charge in [0, 0.05) is 24.2 Å². The van der Waals surface area contributed by atoms with Gasteiger partial charge in [0.05, 0.1) is 25.3 Å². The molecule has 0 radical (unpaired) electrons. The summed E-state index contributed by atoms with van der Waals surface area (Å²) in [5.74, 6) is -0.210. The molecule has 2 aromatic heterocycles. The highest BCUT2D eigenvalue weighted by Crippen LogP contribution is 2.22. The first-order valence-electron chi connectivity index (χ1n) is 6.36. The lowest BCUT2D eigenvalue weighted by molar-refractivity contribution is -0.140. The Labute approximate surface area is 122 Å². The van der Waals surface area contributed by atoms with E-state index in [0.29, 0.717) is 12.8 Å². The average molecular weight is 291 g/mol. The Morgan fingerprint density at radius 1 is 1.45 bits per heavy atom. The lowest BCUT2D eigenvalue weighted by Crippen LogP contribution is -2.06. The van der Waals surface area contributed by atoms with Crippen LogP contribution >= 0.6 is 11.3 Å². The first-order valence-corrected chi connectivity index (χ1v) is 7.24. The molecule has 0 saturated heterocycles. The summed E-state index contributed by atoms with van der Waals surface area (Å²) in [6, 6.07) is 4.12. The third-order valence-corrected chi connectivity index (χ3v) is 3.73. The van der Waals surface area contributed by atoms with E-state index in [1.807, 2.05) is 17.5 Å². The van der Waals surface area contributed by atoms with Gasteiger partial charge in [0.15, 0.2) is 5.13 Å². The highest BCUT2D eigenvalue weighted by Gasteiger charge is 2.09. The number of anilines is 1. The molecule has 2 aromatic rings. The zero-order valence-electron chi connectivity index (χ0n) is 11.5. The zero-order chi connectivity index (χ0) is 14.4. The van der Waals surface area contributed by atoms with Gasteiger partial charge in [-0.05, 0) is 24.6 Å². The molecule has 1 unspecified atom stereocenters. The van der Waals surface area contributed by atoms with Gasteiger partial charge < -0.3 is 10.1 Å². The molecule has 2 rings (SSSR count). The lowest BCUT2D eigenvalue weighted by atomic mass is 10.1. The van der Waals surface area contributed by atoms with E-state index in [9.17, 15) is 4.79 Å². The zero-order valence-corrected chi connectivity index (χ0v) is 12.3. The normalized spacial score (nSPS) is 11.9. The number of hydrogen-bond donors (Lipinski definition) is 1. The predicted molar refractivity (Wildman–Crippen MR) is 78.7 cm³/mol. The van der Waals surface area contributed by atoms with Crippen LogP contribution in [0, 0.1) is 0 Å². The summed E-state index contributed by atoms with van der Waals surface area (Å²) >= 11 is 1.54. The van der Waals surface area contributed by atoms with E-state index in [4.69, 9.17) is 0 Å². The number of carbonyl (C=O) groups excluding carboxylic acids is 1. The minimum Gasteiger partial charge on any atom is -0.469 e. The molecule has 0 spiro atoms. The fourth-order valence-corrected chi connectivity index (χ4v) is 2.57. The second-order valence-corrected chi connectivity index (χ2v) is 5.22. The molecule has 0 saturated carbocycles. The number of hydrogen-bond acceptors (Lipinski definition) is 6. The van der Waals surface area contributed by atoms with Crippen LogP contribution < -0.4 is 5.32 Å². The van der Waals surface area contributed by atoms with Crippen LogP contribution in [-0.4, -0.2) is 23.0 Å². The van der Waals surface area contributed by atoms with Gasteiger partial charge in [-0.15, -0.1) is 11.3 Å². The molecule has 1 N–H and O–H groups in total. The first-order chi connectivity index (χ1) is 9.69. The van der Waals surface area contributed by atoms with Crippen LogP contribution in [0.3, 0.4) is 0 Å². The van der Waals surface area contributed by atoms with Gasteiger partial charge in [0.1, 0.15) is 0 Å². The van der Waals surface area contributed by atoms with Crippen LogP contribution in [-0.2, 0) is 16.0 Å². The standard InChI is InChI=1S/C14H17N3O2S/c1-10(11-5-7-15-8-6-11)16-14-17-12(9-20-14)3-4-13(18)19-2/h5-10H,3-4H2,1-2H3,(H,16,17). The molecule has 0 aliphatic rings. The lowest BCUT2D eigenvalue weighted by Gasteiger charge is -2.12. The van der Waals surface area contributed by atoms with Crippen molar-refractivity contribution in [1.29, 1.82) is 0 Å². The monoisotopic (exact) mass is 291 g/mol. The molecule has 0 bridgehead atoms. The number of esters is 1. The smallest absolute Gasteiger partial charge is 0.305 e. The van der Waals surface area contributed by atoms with Crippen molar-refractivity contribution in [1.82, 2.24) is 9.97 Å². The van der Waals surface area contributed by atoms with E-state index in [1.54, 1.807) is 23.7 Å². The number of nitrogens with zero attached hydrogens (tertiary/aromatic N) is 2. The van der Waals surface area contributed by atoms with Gasteiger partial charge in [-0.25, -0.2) is 4.98 Å². The highest BCUT2D eigenvalue weighted by molar-refractivity contribution is 7.13. The van der Waals surface area contributed by atoms with Crippen molar-refractivity contribution in [2.75, 3.05) is 12.4 Å². The molecule has 5 nitrogen and oxygen atoms in total. The number of nitrogens with one attached hydrogen (secondary N) is 1. The van der Waals surface area contributed by atoms with Crippen LogP contribution in [0.25, 0.3) is 0 Å². The third kappa shape index (κ3) is 4.03. The van der Waals surface area contributed by atoms with Crippen molar-refractivity contribution >= 4 is 22.4 Å². The molecular formula is C14H17N3O2S. The third-order valence-electron chi connectivity index (χ3n) is 2.91. The molecular weight excluding hydrogens is 274 g/mol. The fraction of sp³-hybridized carbons (Fsp3) is 0.357. The largest absolute Gasteiger partial charge is 0.469 e. The van der Waals surface area contributed by atoms with E-state index < -0.39 is 0 Å². The summed E-state index contributed by atoms with van der Waals surface area (Å²) in [7, 11) is 1.40. The molecule has 6 heteroatoms. The van der Waals surface area contributed by atoms with E-state index in [-0.39, 0.29) is 12.0 Å². The maximum atomic E-state index is 11.1. The fourth-order valence-electron chi connectivity index (χ4n) is 1.74. The molecule has 20 heavy (non-hydrogen) atoms. The van der Waals surface area contributed by atoms with Gasteiger partial charge in [-0.1, -0.05) is 0 Å². The predicted octanol–water partition coefficient (Wildman–Crippen LogP) is 2.82. The molecule has 0 aliphatic heterocycles. The number of aromatic nitrogens is 2. The number of pyridine rings is 1. The second-order valence-electron chi connectivity index (χ2n) is 4.37. The Bertz CT molecular complexity index is 557. The van der Waals surface area contributed by atoms with Crippen LogP contribution in [0.1, 0.15) is 30.6 Å². The molecule has 106 valence electrons. The van der Waals surface area contributed by atoms with Crippen LogP contribution in [0.4, 0.5) is 5.13 Å². The molecule has 0 aromatic carbocycles. The molecule has 2 heterocycles. The summed E-state index contributed by atoms with van der Waals surface area (Å²) in [6.45, 7) is 2.07. The minimum absolute atomic E-state index is 0.164. The molecule has 0 amide bonds. The Kier molecular flexibility index (Phi) is 5.06. The summed E-state index contributed by atoms with van der Waals surface area (Å²) in [6.07, 6.45) is 4.52. The van der Waals surface area contributed by atoms with E-state index in [2.05, 4.69) is 26.9 Å². The Balaban J connectivity index is 1.91. The summed E-state index contributed by atoms with van der Waals surface area (Å²) in [4.78, 5) is 19.6. The number of thiazole rings is 1. The average Bonchev–Trinajstić information content (AvgIpc) is 2.93. The van der Waals surface area contributed by atoms with Crippen molar-refractivity contribution in [2.45, 2.75) is 25.8 Å². The number of rotatable bonds is 6. The number of carbonyl (C=O) groups is 1. The van der Waals surface area contributed by atoms with Crippen molar-refractivity contribution in [2.24, 2.45) is 0 Å². The van der Waals surface area contributed by atoms with Crippen LogP contribution in [0.5, 0.6) is 0 Å².